The van der Waals surface area contributed by atoms with Crippen LogP contribution in [0.1, 0.15) is 22.3 Å². The van der Waals surface area contributed by atoms with Crippen LogP contribution in [0, 0.1) is 13.8 Å². The van der Waals surface area contributed by atoms with Crippen molar-refractivity contribution >= 4 is 20.9 Å². The molecule has 6 heteroatoms. The molecule has 30 heavy (non-hydrogen) atoms. The number of rotatable bonds is 6. The van der Waals surface area contributed by atoms with E-state index in [-0.39, 0.29) is 16.2 Å². The van der Waals surface area contributed by atoms with E-state index in [9.17, 15) is 13.2 Å². The molecule has 0 amide bonds. The Labute approximate surface area is 175 Å². The van der Waals surface area contributed by atoms with E-state index in [0.717, 1.165) is 22.3 Å². The summed E-state index contributed by atoms with van der Waals surface area (Å²) in [6, 6.07) is 20.3. The maximum Gasteiger partial charge on any atom is 0.419 e. The number of nitrogens with zero attached hydrogens (tertiary/aromatic N) is 1. The van der Waals surface area contributed by atoms with Crippen molar-refractivity contribution in [2.45, 2.75) is 37.5 Å². The van der Waals surface area contributed by atoms with Gasteiger partial charge in [0.25, 0.3) is 0 Å². The number of sulfone groups is 1. The topological polar surface area (TPSA) is 69.3 Å². The van der Waals surface area contributed by atoms with Crippen molar-refractivity contribution < 1.29 is 12.8 Å². The molecule has 0 fully saturated rings. The number of hydrogen-bond donors (Lipinski definition) is 0. The van der Waals surface area contributed by atoms with Gasteiger partial charge in [-0.05, 0) is 43.5 Å². The van der Waals surface area contributed by atoms with Crippen LogP contribution in [0.4, 0.5) is 0 Å². The molecule has 5 nitrogen and oxygen atoms in total. The number of hydrogen-bond acceptors (Lipinski definition) is 4. The molecule has 0 bridgehead atoms. The van der Waals surface area contributed by atoms with Gasteiger partial charge in [0.2, 0.25) is 0 Å². The quantitative estimate of drug-likeness (QED) is 0.462. The standard InChI is InChI=1S/C24H23NO4S/c1-17-12-18(2)14-20(13-17)16-30(27,28)21-8-9-22-23(15-21)29-24(26)25(22)11-10-19-6-4-3-5-7-19/h3-9,12-15H,10-11,16H2,1-2H3. The van der Waals surface area contributed by atoms with E-state index in [4.69, 9.17) is 4.42 Å². The van der Waals surface area contributed by atoms with Crippen molar-refractivity contribution in [3.63, 3.8) is 0 Å². The highest BCUT2D eigenvalue weighted by Gasteiger charge is 2.19. The minimum absolute atomic E-state index is 0.0972. The number of aryl methyl sites for hydroxylation is 4. The predicted octanol–water partition coefficient (Wildman–Crippen LogP) is 4.43. The first-order valence-electron chi connectivity index (χ1n) is 9.79. The first-order valence-corrected chi connectivity index (χ1v) is 11.4. The van der Waals surface area contributed by atoms with E-state index in [1.54, 1.807) is 16.7 Å². The van der Waals surface area contributed by atoms with E-state index >= 15 is 0 Å². The van der Waals surface area contributed by atoms with Gasteiger partial charge >= 0.3 is 5.76 Å². The first kappa shape index (κ1) is 20.2. The van der Waals surface area contributed by atoms with Crippen LogP contribution in [0.15, 0.2) is 80.8 Å². The van der Waals surface area contributed by atoms with Crippen LogP contribution < -0.4 is 5.76 Å². The van der Waals surface area contributed by atoms with Crippen molar-refractivity contribution in [3.05, 3.63) is 99.5 Å². The summed E-state index contributed by atoms with van der Waals surface area (Å²) in [6.45, 7) is 4.36. The van der Waals surface area contributed by atoms with Crippen LogP contribution in [0.25, 0.3) is 11.1 Å². The second kappa shape index (κ2) is 7.95. The van der Waals surface area contributed by atoms with Crippen molar-refractivity contribution in [2.24, 2.45) is 0 Å². The number of benzene rings is 3. The molecule has 0 unspecified atom stereocenters. The summed E-state index contributed by atoms with van der Waals surface area (Å²) >= 11 is 0. The highest BCUT2D eigenvalue weighted by atomic mass is 32.2. The molecule has 0 N–H and O–H groups in total. The van der Waals surface area contributed by atoms with Crippen LogP contribution >= 0.6 is 0 Å². The van der Waals surface area contributed by atoms with Gasteiger partial charge in [0.1, 0.15) is 0 Å². The fourth-order valence-corrected chi connectivity index (χ4v) is 5.13. The molecule has 1 heterocycles. The Kier molecular flexibility index (Phi) is 5.35. The Balaban J connectivity index is 1.62. The Bertz CT molecular complexity index is 1350. The van der Waals surface area contributed by atoms with Crippen LogP contribution in [-0.4, -0.2) is 13.0 Å². The molecule has 0 atom stereocenters. The summed E-state index contributed by atoms with van der Waals surface area (Å²) in [4.78, 5) is 12.5. The van der Waals surface area contributed by atoms with Gasteiger partial charge in [-0.25, -0.2) is 13.2 Å². The Morgan fingerprint density at radius 1 is 0.867 bits per heavy atom. The van der Waals surface area contributed by atoms with Crippen molar-refractivity contribution in [3.8, 4) is 0 Å². The number of aromatic nitrogens is 1. The van der Waals surface area contributed by atoms with Gasteiger partial charge in [-0.15, -0.1) is 0 Å². The Hall–Kier alpha value is -3.12. The molecule has 0 saturated carbocycles. The van der Waals surface area contributed by atoms with Crippen LogP contribution in [0.3, 0.4) is 0 Å². The molecule has 154 valence electrons. The lowest BCUT2D eigenvalue weighted by Crippen LogP contribution is -2.15. The summed E-state index contributed by atoms with van der Waals surface area (Å²) < 4.78 is 32.8. The van der Waals surface area contributed by atoms with Crippen molar-refractivity contribution in [1.29, 1.82) is 0 Å². The van der Waals surface area contributed by atoms with Gasteiger partial charge in [-0.2, -0.15) is 0 Å². The molecule has 0 aliphatic carbocycles. The molecule has 0 spiro atoms. The third kappa shape index (κ3) is 4.24. The maximum atomic E-state index is 12.9. The lowest BCUT2D eigenvalue weighted by molar-refractivity contribution is 0.504. The van der Waals surface area contributed by atoms with Gasteiger partial charge in [0, 0.05) is 12.6 Å². The fourth-order valence-electron chi connectivity index (χ4n) is 3.79. The third-order valence-corrected chi connectivity index (χ3v) is 6.79. The zero-order chi connectivity index (χ0) is 21.3. The van der Waals surface area contributed by atoms with Crippen LogP contribution in [0.2, 0.25) is 0 Å². The summed E-state index contributed by atoms with van der Waals surface area (Å²) in [7, 11) is -3.57. The summed E-state index contributed by atoms with van der Waals surface area (Å²) in [6.07, 6.45) is 0.683. The van der Waals surface area contributed by atoms with Gasteiger partial charge in [-0.3, -0.25) is 4.57 Å². The molecule has 4 aromatic rings. The summed E-state index contributed by atoms with van der Waals surface area (Å²) in [5.41, 5.74) is 4.80. The van der Waals surface area contributed by atoms with E-state index in [1.165, 1.54) is 6.07 Å². The monoisotopic (exact) mass is 421 g/mol. The van der Waals surface area contributed by atoms with E-state index in [1.807, 2.05) is 62.4 Å². The minimum Gasteiger partial charge on any atom is -0.408 e. The Morgan fingerprint density at radius 3 is 2.27 bits per heavy atom. The van der Waals surface area contributed by atoms with Gasteiger partial charge in [0.15, 0.2) is 15.4 Å². The Morgan fingerprint density at radius 2 is 1.57 bits per heavy atom. The maximum absolute atomic E-state index is 12.9. The second-order valence-corrected chi connectivity index (χ2v) is 9.63. The van der Waals surface area contributed by atoms with E-state index < -0.39 is 15.6 Å². The van der Waals surface area contributed by atoms with Crippen LogP contribution in [0.5, 0.6) is 0 Å². The largest absolute Gasteiger partial charge is 0.419 e. The smallest absolute Gasteiger partial charge is 0.408 e. The lowest BCUT2D eigenvalue weighted by atomic mass is 10.1. The van der Waals surface area contributed by atoms with Crippen molar-refractivity contribution in [1.82, 2.24) is 4.57 Å². The lowest BCUT2D eigenvalue weighted by Gasteiger charge is -2.07. The molecule has 0 aliphatic heterocycles. The van der Waals surface area contributed by atoms with Gasteiger partial charge in [0.05, 0.1) is 16.2 Å². The fraction of sp³-hybridized carbons (Fsp3) is 0.208. The third-order valence-electron chi connectivity index (χ3n) is 5.10. The summed E-state index contributed by atoms with van der Waals surface area (Å²) in [5, 5.41) is 0. The van der Waals surface area contributed by atoms with E-state index in [0.29, 0.717) is 18.5 Å². The predicted molar refractivity (Wildman–Crippen MR) is 117 cm³/mol. The molecule has 0 aliphatic rings. The molecule has 1 aromatic heterocycles. The molecular weight excluding hydrogens is 398 g/mol. The zero-order valence-electron chi connectivity index (χ0n) is 17.0. The number of fused-ring (bicyclic) bond motifs is 1. The SMILES string of the molecule is Cc1cc(C)cc(CS(=O)(=O)c2ccc3c(c2)oc(=O)n3CCc2ccccc2)c1. The molecular formula is C24H23NO4S. The van der Waals surface area contributed by atoms with Gasteiger partial charge < -0.3 is 4.42 Å². The first-order chi connectivity index (χ1) is 14.3. The van der Waals surface area contributed by atoms with E-state index in [2.05, 4.69) is 0 Å². The highest BCUT2D eigenvalue weighted by molar-refractivity contribution is 7.90. The minimum atomic E-state index is -3.57. The van der Waals surface area contributed by atoms with Gasteiger partial charge in [-0.1, -0.05) is 59.7 Å². The molecule has 3 aromatic carbocycles. The molecule has 0 radical (unpaired) electrons. The normalized spacial score (nSPS) is 11.8. The van der Waals surface area contributed by atoms with Crippen LogP contribution in [-0.2, 0) is 28.6 Å². The average Bonchev–Trinajstić information content (AvgIpc) is 3.00. The highest BCUT2D eigenvalue weighted by Crippen LogP contribution is 2.23. The zero-order valence-corrected chi connectivity index (χ0v) is 17.8. The average molecular weight is 422 g/mol. The van der Waals surface area contributed by atoms with Crippen molar-refractivity contribution in [2.75, 3.05) is 0 Å². The number of oxazole rings is 1. The summed E-state index contributed by atoms with van der Waals surface area (Å²) in [5.74, 6) is -0.579. The second-order valence-electron chi connectivity index (χ2n) is 7.64. The molecule has 0 saturated heterocycles. The molecule has 4 rings (SSSR count).